The van der Waals surface area contributed by atoms with Crippen LogP contribution >= 0.6 is 0 Å². The topological polar surface area (TPSA) is 83.1 Å². The number of rotatable bonds is 7. The summed E-state index contributed by atoms with van der Waals surface area (Å²) in [5.41, 5.74) is 1.57. The molecule has 1 amide bonds. The van der Waals surface area contributed by atoms with E-state index in [2.05, 4.69) is 5.32 Å². The molecule has 158 valence electrons. The van der Waals surface area contributed by atoms with Gasteiger partial charge in [-0.25, -0.2) is 0 Å². The Kier molecular flexibility index (Phi) is 5.79. The van der Waals surface area contributed by atoms with Crippen LogP contribution in [0.5, 0.6) is 17.2 Å². The summed E-state index contributed by atoms with van der Waals surface area (Å²) >= 11 is 0. The number of aryl methyl sites for hydroxylation is 1. The molecule has 0 unspecified atom stereocenters. The number of hydrogen-bond acceptors (Lipinski definition) is 6. The maximum absolute atomic E-state index is 12.1. The van der Waals surface area contributed by atoms with Gasteiger partial charge in [-0.1, -0.05) is 12.1 Å². The highest BCUT2D eigenvalue weighted by Crippen LogP contribution is 2.47. The van der Waals surface area contributed by atoms with Crippen LogP contribution in [0.1, 0.15) is 37.7 Å². The average molecular weight is 411 g/mol. The molecule has 4 rings (SSSR count). The van der Waals surface area contributed by atoms with Crippen LogP contribution in [0.25, 0.3) is 0 Å². The molecule has 30 heavy (non-hydrogen) atoms. The molecule has 2 aromatic rings. The maximum atomic E-state index is 12.1. The third-order valence-corrected chi connectivity index (χ3v) is 5.33. The predicted octanol–water partition coefficient (Wildman–Crippen LogP) is 3.85. The minimum Gasteiger partial charge on any atom is -0.497 e. The molecule has 1 spiro atoms. The van der Waals surface area contributed by atoms with E-state index in [9.17, 15) is 9.59 Å². The van der Waals surface area contributed by atoms with E-state index < -0.39 is 17.7 Å². The fourth-order valence-electron chi connectivity index (χ4n) is 3.74. The number of nitrogens with one attached hydrogen (secondary N) is 1. The average Bonchev–Trinajstić information content (AvgIpc) is 3.36. The van der Waals surface area contributed by atoms with Crippen LogP contribution in [-0.2, 0) is 20.7 Å². The molecule has 2 aromatic carbocycles. The molecule has 0 atom stereocenters. The van der Waals surface area contributed by atoms with Gasteiger partial charge in [-0.15, -0.1) is 0 Å². The van der Waals surface area contributed by atoms with Crippen molar-refractivity contribution in [1.29, 1.82) is 0 Å². The summed E-state index contributed by atoms with van der Waals surface area (Å²) in [6, 6.07) is 12.8. The first kappa shape index (κ1) is 20.1. The molecule has 7 heteroatoms. The molecule has 1 aliphatic heterocycles. The monoisotopic (exact) mass is 411 g/mol. The predicted molar refractivity (Wildman–Crippen MR) is 110 cm³/mol. The van der Waals surface area contributed by atoms with Crippen LogP contribution in [0.3, 0.4) is 0 Å². The van der Waals surface area contributed by atoms with E-state index in [0.717, 1.165) is 37.0 Å². The highest BCUT2D eigenvalue weighted by Gasteiger charge is 2.44. The van der Waals surface area contributed by atoms with Crippen LogP contribution < -0.4 is 19.5 Å². The van der Waals surface area contributed by atoms with Gasteiger partial charge in [0.25, 0.3) is 11.7 Å². The third kappa shape index (κ3) is 4.67. The van der Waals surface area contributed by atoms with Gasteiger partial charge in [0.05, 0.1) is 7.11 Å². The van der Waals surface area contributed by atoms with Crippen LogP contribution in [0.4, 0.5) is 5.69 Å². The maximum Gasteiger partial charge on any atom is 0.306 e. The number of carbonyl (C=O) groups is 2. The van der Waals surface area contributed by atoms with E-state index in [1.165, 1.54) is 0 Å². The molecule has 0 bridgehead atoms. The van der Waals surface area contributed by atoms with Crippen LogP contribution in [0.2, 0.25) is 0 Å². The van der Waals surface area contributed by atoms with Crippen LogP contribution in [-0.4, -0.2) is 31.4 Å². The van der Waals surface area contributed by atoms with Gasteiger partial charge in [0.1, 0.15) is 5.75 Å². The van der Waals surface area contributed by atoms with Gasteiger partial charge < -0.3 is 24.3 Å². The zero-order valence-electron chi connectivity index (χ0n) is 16.9. The summed E-state index contributed by atoms with van der Waals surface area (Å²) in [6.45, 7) is -0.334. The van der Waals surface area contributed by atoms with Gasteiger partial charge in [0.2, 0.25) is 0 Å². The Morgan fingerprint density at radius 2 is 1.77 bits per heavy atom. The third-order valence-electron chi connectivity index (χ3n) is 5.33. The van der Waals surface area contributed by atoms with Gasteiger partial charge in [0.15, 0.2) is 18.1 Å². The highest BCUT2D eigenvalue weighted by molar-refractivity contribution is 5.93. The van der Waals surface area contributed by atoms with Gasteiger partial charge >= 0.3 is 5.97 Å². The molecule has 0 aromatic heterocycles. The molecule has 1 fully saturated rings. The molecule has 2 aliphatic rings. The lowest BCUT2D eigenvalue weighted by Gasteiger charge is -2.21. The number of carbonyl (C=O) groups excluding carboxylic acids is 2. The number of anilines is 1. The van der Waals surface area contributed by atoms with Crippen LogP contribution in [0, 0.1) is 0 Å². The minimum absolute atomic E-state index is 0.200. The van der Waals surface area contributed by atoms with Crippen molar-refractivity contribution in [2.75, 3.05) is 19.0 Å². The van der Waals surface area contributed by atoms with Crippen molar-refractivity contribution >= 4 is 17.6 Å². The molecule has 1 saturated carbocycles. The first-order chi connectivity index (χ1) is 14.5. The standard InChI is InChI=1S/C23H25NO6/c1-27-18-8-4-16(5-9-18)6-11-22(26)28-15-21(25)24-17-7-10-19-20(14-17)30-23(29-19)12-2-3-13-23/h4-5,7-10,14H,2-3,6,11-13,15H2,1H3,(H,24,25). The number of ether oxygens (including phenoxy) is 4. The number of benzene rings is 2. The van der Waals surface area contributed by atoms with Crippen LogP contribution in [0.15, 0.2) is 42.5 Å². The van der Waals surface area contributed by atoms with Gasteiger partial charge in [0, 0.05) is 31.0 Å². The Bertz CT molecular complexity index is 918. The van der Waals surface area contributed by atoms with Crippen molar-refractivity contribution in [3.63, 3.8) is 0 Å². The number of esters is 1. The van der Waals surface area contributed by atoms with Crippen molar-refractivity contribution < 1.29 is 28.5 Å². The summed E-state index contributed by atoms with van der Waals surface area (Å²) < 4.78 is 22.1. The molecule has 1 N–H and O–H groups in total. The fourth-order valence-corrected chi connectivity index (χ4v) is 3.74. The lowest BCUT2D eigenvalue weighted by atomic mass is 10.1. The molecule has 0 saturated heterocycles. The summed E-state index contributed by atoms with van der Waals surface area (Å²) in [4.78, 5) is 24.1. The number of hydrogen-bond donors (Lipinski definition) is 1. The molecular weight excluding hydrogens is 386 g/mol. The van der Waals surface area contributed by atoms with Gasteiger partial charge in [-0.3, -0.25) is 9.59 Å². The second-order valence-corrected chi connectivity index (χ2v) is 7.54. The lowest BCUT2D eigenvalue weighted by Crippen LogP contribution is -2.34. The van der Waals surface area contributed by atoms with Gasteiger partial charge in [-0.2, -0.15) is 0 Å². The smallest absolute Gasteiger partial charge is 0.306 e. The van der Waals surface area contributed by atoms with E-state index in [4.69, 9.17) is 18.9 Å². The first-order valence-corrected chi connectivity index (χ1v) is 10.2. The first-order valence-electron chi connectivity index (χ1n) is 10.2. The Balaban J connectivity index is 1.22. The van der Waals surface area contributed by atoms with E-state index in [-0.39, 0.29) is 13.0 Å². The summed E-state index contributed by atoms with van der Waals surface area (Å²) in [5.74, 6) is 0.729. The highest BCUT2D eigenvalue weighted by atomic mass is 16.7. The summed E-state index contributed by atoms with van der Waals surface area (Å²) in [7, 11) is 1.60. The van der Waals surface area contributed by atoms with Crippen molar-refractivity contribution in [1.82, 2.24) is 0 Å². The lowest BCUT2D eigenvalue weighted by molar-refractivity contribution is -0.147. The zero-order chi connectivity index (χ0) is 21.0. The largest absolute Gasteiger partial charge is 0.497 e. The Morgan fingerprint density at radius 1 is 1.03 bits per heavy atom. The Morgan fingerprint density at radius 3 is 2.50 bits per heavy atom. The second-order valence-electron chi connectivity index (χ2n) is 7.54. The summed E-state index contributed by atoms with van der Waals surface area (Å²) in [5, 5.41) is 2.73. The Labute approximate surface area is 175 Å². The second kappa shape index (κ2) is 8.65. The molecule has 1 aliphatic carbocycles. The number of fused-ring (bicyclic) bond motifs is 1. The number of amides is 1. The molecule has 7 nitrogen and oxygen atoms in total. The quantitative estimate of drug-likeness (QED) is 0.697. The van der Waals surface area contributed by atoms with E-state index >= 15 is 0 Å². The number of methoxy groups -OCH3 is 1. The molecule has 1 heterocycles. The summed E-state index contributed by atoms with van der Waals surface area (Å²) in [6.07, 6.45) is 4.65. The normalized spacial score (nSPS) is 15.8. The molecular formula is C23H25NO6. The van der Waals surface area contributed by atoms with E-state index in [1.54, 1.807) is 25.3 Å². The molecule has 0 radical (unpaired) electrons. The van der Waals surface area contributed by atoms with Crippen molar-refractivity contribution in [3.05, 3.63) is 48.0 Å². The van der Waals surface area contributed by atoms with Gasteiger partial charge in [-0.05, 0) is 49.1 Å². The minimum atomic E-state index is -0.537. The SMILES string of the molecule is COc1ccc(CCC(=O)OCC(=O)Nc2ccc3c(c2)OC2(CCCC2)O3)cc1. The van der Waals surface area contributed by atoms with E-state index in [1.807, 2.05) is 24.3 Å². The Hall–Kier alpha value is -3.22. The van der Waals surface area contributed by atoms with Crippen molar-refractivity contribution in [2.24, 2.45) is 0 Å². The van der Waals surface area contributed by atoms with E-state index in [0.29, 0.717) is 23.6 Å². The van der Waals surface area contributed by atoms with Crippen molar-refractivity contribution in [3.8, 4) is 17.2 Å². The fraction of sp³-hybridized carbons (Fsp3) is 0.391. The van der Waals surface area contributed by atoms with Crippen molar-refractivity contribution in [2.45, 2.75) is 44.3 Å². The zero-order valence-corrected chi connectivity index (χ0v) is 16.9.